The third-order valence-electron chi connectivity index (χ3n) is 4.60. The maximum Gasteiger partial charge on any atom is 0.191 e. The van der Waals surface area contributed by atoms with Gasteiger partial charge < -0.3 is 14.4 Å². The van der Waals surface area contributed by atoms with Gasteiger partial charge in [-0.2, -0.15) is 0 Å². The second kappa shape index (κ2) is 10.8. The van der Waals surface area contributed by atoms with Crippen molar-refractivity contribution in [2.24, 2.45) is 0 Å². The predicted molar refractivity (Wildman–Crippen MR) is 104 cm³/mol. The van der Waals surface area contributed by atoms with Crippen molar-refractivity contribution in [2.45, 2.75) is 31.0 Å². The van der Waals surface area contributed by atoms with Crippen LogP contribution in [0.1, 0.15) is 19.3 Å². The Bertz CT molecular complexity index is 690. The molecule has 1 aromatic carbocycles. The Morgan fingerprint density at radius 2 is 1.81 bits per heavy atom. The third kappa shape index (κ3) is 6.00. The van der Waals surface area contributed by atoms with E-state index in [-0.39, 0.29) is 12.4 Å². The number of unbranched alkanes of at least 4 members (excludes halogenated alkanes) is 2. The molecule has 1 N–H and O–H groups in total. The van der Waals surface area contributed by atoms with Crippen molar-refractivity contribution in [3.8, 4) is 11.4 Å². The molecular formula is C19H27FN4O2S. The Labute approximate surface area is 163 Å². The maximum absolute atomic E-state index is 13.3. The van der Waals surface area contributed by atoms with Crippen LogP contribution in [0, 0.1) is 5.82 Å². The van der Waals surface area contributed by atoms with Gasteiger partial charge in [-0.25, -0.2) is 4.39 Å². The quantitative estimate of drug-likeness (QED) is 0.494. The van der Waals surface area contributed by atoms with Crippen LogP contribution in [0.4, 0.5) is 4.39 Å². The number of aliphatic hydroxyl groups is 1. The number of thioether (sulfide) groups is 1. The normalized spacial score (nSPS) is 15.3. The number of halogens is 1. The van der Waals surface area contributed by atoms with E-state index in [4.69, 9.17) is 9.84 Å². The molecule has 0 aliphatic carbocycles. The fourth-order valence-corrected chi connectivity index (χ4v) is 3.99. The third-order valence-corrected chi connectivity index (χ3v) is 5.65. The highest BCUT2D eigenvalue weighted by molar-refractivity contribution is 7.99. The van der Waals surface area contributed by atoms with Crippen molar-refractivity contribution in [1.29, 1.82) is 0 Å². The summed E-state index contributed by atoms with van der Waals surface area (Å²) >= 11 is 1.69. The summed E-state index contributed by atoms with van der Waals surface area (Å²) in [6.45, 7) is 5.38. The highest BCUT2D eigenvalue weighted by Gasteiger charge is 2.17. The fraction of sp³-hybridized carbons (Fsp3) is 0.579. The highest BCUT2D eigenvalue weighted by atomic mass is 32.2. The molecule has 1 fully saturated rings. The Morgan fingerprint density at radius 1 is 1.04 bits per heavy atom. The molecule has 0 atom stereocenters. The molecule has 0 saturated carbocycles. The first-order valence-electron chi connectivity index (χ1n) is 9.51. The van der Waals surface area contributed by atoms with Gasteiger partial charge in [0.05, 0.1) is 13.2 Å². The fourth-order valence-electron chi connectivity index (χ4n) is 3.03. The molecule has 27 heavy (non-hydrogen) atoms. The molecule has 8 heteroatoms. The van der Waals surface area contributed by atoms with E-state index in [1.54, 1.807) is 23.9 Å². The molecular weight excluding hydrogens is 367 g/mol. The minimum Gasteiger partial charge on any atom is -0.396 e. The second-order valence-corrected chi connectivity index (χ2v) is 7.61. The topological polar surface area (TPSA) is 63.4 Å². The average Bonchev–Trinajstić information content (AvgIpc) is 3.10. The first-order valence-corrected chi connectivity index (χ1v) is 10.5. The summed E-state index contributed by atoms with van der Waals surface area (Å²) in [7, 11) is 0. The van der Waals surface area contributed by atoms with Gasteiger partial charge in [0.1, 0.15) is 5.82 Å². The summed E-state index contributed by atoms with van der Waals surface area (Å²) in [6.07, 6.45) is 2.88. The van der Waals surface area contributed by atoms with E-state index >= 15 is 0 Å². The van der Waals surface area contributed by atoms with Crippen LogP contribution in [-0.2, 0) is 11.3 Å². The van der Waals surface area contributed by atoms with Crippen molar-refractivity contribution in [3.63, 3.8) is 0 Å². The van der Waals surface area contributed by atoms with Gasteiger partial charge in [0.2, 0.25) is 0 Å². The van der Waals surface area contributed by atoms with E-state index in [0.29, 0.717) is 0 Å². The largest absolute Gasteiger partial charge is 0.396 e. The zero-order chi connectivity index (χ0) is 18.9. The van der Waals surface area contributed by atoms with E-state index in [2.05, 4.69) is 19.7 Å². The van der Waals surface area contributed by atoms with Gasteiger partial charge in [0, 0.05) is 44.1 Å². The van der Waals surface area contributed by atoms with Crippen LogP contribution < -0.4 is 0 Å². The Kier molecular flexibility index (Phi) is 8.07. The van der Waals surface area contributed by atoms with E-state index < -0.39 is 0 Å². The first kappa shape index (κ1) is 20.3. The van der Waals surface area contributed by atoms with Crippen LogP contribution in [0.5, 0.6) is 0 Å². The SMILES string of the molecule is OCCCCCSc1nnc(-c2ccc(F)cc2)n1CCN1CCOCC1. The zero-order valence-corrected chi connectivity index (χ0v) is 16.3. The number of aromatic nitrogens is 3. The lowest BCUT2D eigenvalue weighted by Crippen LogP contribution is -2.38. The Balaban J connectivity index is 1.70. The predicted octanol–water partition coefficient (Wildman–Crippen LogP) is 2.67. The lowest BCUT2D eigenvalue weighted by molar-refractivity contribution is 0.0361. The number of aliphatic hydroxyl groups excluding tert-OH is 1. The van der Waals surface area contributed by atoms with Gasteiger partial charge in [0.15, 0.2) is 11.0 Å². The van der Waals surface area contributed by atoms with Crippen LogP contribution in [0.2, 0.25) is 0 Å². The second-order valence-electron chi connectivity index (χ2n) is 6.55. The van der Waals surface area contributed by atoms with Gasteiger partial charge in [-0.15, -0.1) is 10.2 Å². The molecule has 2 aromatic rings. The van der Waals surface area contributed by atoms with Crippen LogP contribution in [-0.4, -0.2) is 70.0 Å². The minimum atomic E-state index is -0.253. The number of ether oxygens (including phenoxy) is 1. The summed E-state index contributed by atoms with van der Waals surface area (Å²) in [4.78, 5) is 2.38. The van der Waals surface area contributed by atoms with Crippen LogP contribution in [0.15, 0.2) is 29.4 Å². The monoisotopic (exact) mass is 394 g/mol. The Morgan fingerprint density at radius 3 is 2.56 bits per heavy atom. The molecule has 1 saturated heterocycles. The molecule has 6 nitrogen and oxygen atoms in total. The molecule has 3 rings (SSSR count). The number of morpholine rings is 1. The molecule has 0 spiro atoms. The van der Waals surface area contributed by atoms with E-state index in [9.17, 15) is 4.39 Å². The van der Waals surface area contributed by atoms with Crippen LogP contribution >= 0.6 is 11.8 Å². The number of rotatable bonds is 10. The van der Waals surface area contributed by atoms with Gasteiger partial charge in [0.25, 0.3) is 0 Å². The molecule has 0 bridgehead atoms. The summed E-state index contributed by atoms with van der Waals surface area (Å²) in [5, 5.41) is 18.6. The van der Waals surface area contributed by atoms with E-state index in [0.717, 1.165) is 81.0 Å². The molecule has 0 amide bonds. The van der Waals surface area contributed by atoms with Crippen molar-refractivity contribution < 1.29 is 14.2 Å². The number of benzene rings is 1. The molecule has 1 aliphatic heterocycles. The average molecular weight is 395 g/mol. The number of hydrogen-bond acceptors (Lipinski definition) is 6. The lowest BCUT2D eigenvalue weighted by Gasteiger charge is -2.27. The van der Waals surface area contributed by atoms with Crippen molar-refractivity contribution >= 4 is 11.8 Å². The number of nitrogens with zero attached hydrogens (tertiary/aromatic N) is 4. The summed E-state index contributed by atoms with van der Waals surface area (Å²) < 4.78 is 20.8. The van der Waals surface area contributed by atoms with Gasteiger partial charge in [-0.3, -0.25) is 4.90 Å². The van der Waals surface area contributed by atoms with Gasteiger partial charge in [-0.05, 0) is 37.1 Å². The molecule has 2 heterocycles. The smallest absolute Gasteiger partial charge is 0.191 e. The van der Waals surface area contributed by atoms with Crippen molar-refractivity contribution in [1.82, 2.24) is 19.7 Å². The zero-order valence-electron chi connectivity index (χ0n) is 15.5. The van der Waals surface area contributed by atoms with Crippen LogP contribution in [0.25, 0.3) is 11.4 Å². The highest BCUT2D eigenvalue weighted by Crippen LogP contribution is 2.25. The Hall–Kier alpha value is -1.48. The van der Waals surface area contributed by atoms with E-state index in [1.807, 2.05) is 0 Å². The van der Waals surface area contributed by atoms with E-state index in [1.165, 1.54) is 12.1 Å². The maximum atomic E-state index is 13.3. The van der Waals surface area contributed by atoms with Crippen LogP contribution in [0.3, 0.4) is 0 Å². The summed E-state index contributed by atoms with van der Waals surface area (Å²) in [5.41, 5.74) is 0.873. The molecule has 0 radical (unpaired) electrons. The van der Waals surface area contributed by atoms with Crippen molar-refractivity contribution in [3.05, 3.63) is 30.1 Å². The lowest BCUT2D eigenvalue weighted by atomic mass is 10.2. The first-order chi connectivity index (χ1) is 13.3. The minimum absolute atomic E-state index is 0.245. The summed E-state index contributed by atoms with van der Waals surface area (Å²) in [6, 6.07) is 6.41. The summed E-state index contributed by atoms with van der Waals surface area (Å²) in [5.74, 6) is 1.47. The molecule has 1 aliphatic rings. The van der Waals surface area contributed by atoms with Gasteiger partial charge >= 0.3 is 0 Å². The molecule has 0 unspecified atom stereocenters. The number of hydrogen-bond donors (Lipinski definition) is 1. The standard InChI is InChI=1S/C19H27FN4O2S/c20-17-6-4-16(5-7-17)18-21-22-19(27-15-3-1-2-12-25)24(18)9-8-23-10-13-26-14-11-23/h4-7,25H,1-3,8-15H2. The van der Waals surface area contributed by atoms with Gasteiger partial charge in [-0.1, -0.05) is 18.2 Å². The van der Waals surface area contributed by atoms with Crippen molar-refractivity contribution in [2.75, 3.05) is 45.2 Å². The molecule has 1 aromatic heterocycles. The molecule has 148 valence electrons.